The number of aryl methyl sites for hydroxylation is 1. The van der Waals surface area contributed by atoms with E-state index in [2.05, 4.69) is 22.3 Å². The molecule has 216 valence electrons. The smallest absolute Gasteiger partial charge is 0.255 e. The number of carbonyl (C=O) groups excluding carboxylic acids is 2. The minimum Gasteiger partial charge on any atom is -0.392 e. The minimum atomic E-state index is -0.670. The van der Waals surface area contributed by atoms with Gasteiger partial charge in [0.15, 0.2) is 0 Å². The maximum atomic E-state index is 13.6. The van der Waals surface area contributed by atoms with Crippen molar-refractivity contribution >= 4 is 11.8 Å². The van der Waals surface area contributed by atoms with Crippen LogP contribution in [0.5, 0.6) is 0 Å². The van der Waals surface area contributed by atoms with Gasteiger partial charge in [0.25, 0.3) is 11.5 Å². The molecule has 3 unspecified atom stereocenters. The van der Waals surface area contributed by atoms with Gasteiger partial charge in [-0.3, -0.25) is 14.4 Å². The van der Waals surface area contributed by atoms with E-state index in [1.807, 2.05) is 30.0 Å². The first kappa shape index (κ1) is 28.6. The molecular formula is C32H44N4O4. The third-order valence-electron chi connectivity index (χ3n) is 9.26. The largest absolute Gasteiger partial charge is 0.392 e. The number of fused-ring (bicyclic) bond motifs is 1. The van der Waals surface area contributed by atoms with E-state index in [4.69, 9.17) is 0 Å². The third-order valence-corrected chi connectivity index (χ3v) is 9.26. The summed E-state index contributed by atoms with van der Waals surface area (Å²) in [7, 11) is 0. The molecule has 5 rings (SSSR count). The standard InChI is InChI=1S/C32H44N4O4/c1-21-15-29(38)36(16-22(2)37)23(3)30(21)32(40)35-19-26-17-34(18-27(26)20-35)14-13-28(24-9-5-4-6-10-24)33-31(39)25-11-7-8-12-25/h4-6,9-10,15,22,25-28,37H,7-8,11-14,16-20H2,1-3H3,(H,33,39)/t22-,26?,27?,28?/m0/s1. The van der Waals surface area contributed by atoms with Crippen LogP contribution in [-0.2, 0) is 11.3 Å². The van der Waals surface area contributed by atoms with Crippen LogP contribution in [0.4, 0.5) is 0 Å². The Bertz CT molecular complexity index is 1250. The highest BCUT2D eigenvalue weighted by Gasteiger charge is 2.42. The van der Waals surface area contributed by atoms with E-state index < -0.39 is 6.10 Å². The topological polar surface area (TPSA) is 94.9 Å². The first-order chi connectivity index (χ1) is 19.2. The average Bonchev–Trinajstić information content (AvgIpc) is 3.66. The number of aromatic nitrogens is 1. The highest BCUT2D eigenvalue weighted by atomic mass is 16.3. The van der Waals surface area contributed by atoms with Crippen molar-refractivity contribution in [3.05, 3.63) is 69.1 Å². The summed E-state index contributed by atoms with van der Waals surface area (Å²) in [5.74, 6) is 1.19. The Morgan fingerprint density at radius 1 is 1.02 bits per heavy atom. The van der Waals surface area contributed by atoms with E-state index >= 15 is 0 Å². The van der Waals surface area contributed by atoms with Crippen LogP contribution in [-0.4, -0.2) is 70.1 Å². The molecule has 8 nitrogen and oxygen atoms in total. The molecule has 2 amide bonds. The molecule has 1 aliphatic carbocycles. The van der Waals surface area contributed by atoms with Crippen LogP contribution in [0.1, 0.15) is 72.2 Å². The number of likely N-dealkylation sites (tertiary alicyclic amines) is 2. The van der Waals surface area contributed by atoms with E-state index in [0.29, 0.717) is 28.7 Å². The molecule has 3 aliphatic rings. The molecule has 0 spiro atoms. The van der Waals surface area contributed by atoms with E-state index in [0.717, 1.165) is 70.4 Å². The Labute approximate surface area is 237 Å². The molecule has 1 saturated carbocycles. The van der Waals surface area contributed by atoms with Crippen molar-refractivity contribution in [1.29, 1.82) is 0 Å². The first-order valence-corrected chi connectivity index (χ1v) is 15.0. The fourth-order valence-electron chi connectivity index (χ4n) is 7.13. The number of nitrogens with zero attached hydrogens (tertiary/aromatic N) is 3. The number of aliphatic hydroxyl groups is 1. The predicted octanol–water partition coefficient (Wildman–Crippen LogP) is 3.29. The van der Waals surface area contributed by atoms with Crippen LogP contribution in [0.2, 0.25) is 0 Å². The summed E-state index contributed by atoms with van der Waals surface area (Å²) >= 11 is 0. The molecule has 2 aliphatic heterocycles. The van der Waals surface area contributed by atoms with Gasteiger partial charge in [-0.15, -0.1) is 0 Å². The van der Waals surface area contributed by atoms with Crippen molar-refractivity contribution in [1.82, 2.24) is 19.7 Å². The van der Waals surface area contributed by atoms with Crippen LogP contribution in [0.25, 0.3) is 0 Å². The number of pyridine rings is 1. The summed E-state index contributed by atoms with van der Waals surface area (Å²) < 4.78 is 1.51. The zero-order valence-corrected chi connectivity index (χ0v) is 24.1. The number of amides is 2. The van der Waals surface area contributed by atoms with Gasteiger partial charge in [-0.2, -0.15) is 0 Å². The molecule has 40 heavy (non-hydrogen) atoms. The van der Waals surface area contributed by atoms with Gasteiger partial charge in [-0.1, -0.05) is 43.2 Å². The quantitative estimate of drug-likeness (QED) is 0.502. The molecule has 8 heteroatoms. The Morgan fingerprint density at radius 2 is 1.68 bits per heavy atom. The Balaban J connectivity index is 1.19. The van der Waals surface area contributed by atoms with E-state index in [1.54, 1.807) is 13.8 Å². The Morgan fingerprint density at radius 3 is 2.30 bits per heavy atom. The number of benzene rings is 1. The van der Waals surface area contributed by atoms with Crippen LogP contribution in [0, 0.1) is 31.6 Å². The van der Waals surface area contributed by atoms with Crippen LogP contribution in [0.3, 0.4) is 0 Å². The normalized spacial score (nSPS) is 22.9. The molecule has 1 aromatic carbocycles. The molecule has 2 saturated heterocycles. The van der Waals surface area contributed by atoms with Gasteiger partial charge in [-0.05, 0) is 63.0 Å². The number of rotatable bonds is 9. The summed E-state index contributed by atoms with van der Waals surface area (Å²) in [6.45, 7) is 9.69. The molecule has 2 aromatic rings. The maximum absolute atomic E-state index is 13.6. The number of nitrogens with one attached hydrogen (secondary N) is 1. The molecule has 1 aromatic heterocycles. The molecule has 2 N–H and O–H groups in total. The monoisotopic (exact) mass is 548 g/mol. The fraction of sp³-hybridized carbons (Fsp3) is 0.594. The SMILES string of the molecule is Cc1cc(=O)n(C[C@H](C)O)c(C)c1C(=O)N1CC2CN(CCC(NC(=O)C3CCCC3)c3ccccc3)CC2C1. The highest BCUT2D eigenvalue weighted by Crippen LogP contribution is 2.33. The lowest BCUT2D eigenvalue weighted by Crippen LogP contribution is -2.37. The summed E-state index contributed by atoms with van der Waals surface area (Å²) in [6, 6.07) is 11.8. The van der Waals surface area contributed by atoms with E-state index in [-0.39, 0.29) is 35.9 Å². The lowest BCUT2D eigenvalue weighted by atomic mass is 10.0. The van der Waals surface area contributed by atoms with Crippen molar-refractivity contribution in [2.75, 3.05) is 32.7 Å². The van der Waals surface area contributed by atoms with Crippen LogP contribution >= 0.6 is 0 Å². The van der Waals surface area contributed by atoms with Crippen LogP contribution in [0.15, 0.2) is 41.2 Å². The minimum absolute atomic E-state index is 0.0103. The van der Waals surface area contributed by atoms with Crippen molar-refractivity contribution in [3.8, 4) is 0 Å². The molecule has 0 radical (unpaired) electrons. The number of carbonyl (C=O) groups is 2. The zero-order valence-electron chi connectivity index (χ0n) is 24.1. The van der Waals surface area contributed by atoms with Gasteiger partial charge in [0.05, 0.1) is 24.3 Å². The number of hydrogen-bond acceptors (Lipinski definition) is 5. The number of aliphatic hydroxyl groups excluding tert-OH is 1. The Hall–Kier alpha value is -2.97. The lowest BCUT2D eigenvalue weighted by Gasteiger charge is -2.26. The maximum Gasteiger partial charge on any atom is 0.255 e. The first-order valence-electron chi connectivity index (χ1n) is 15.0. The van der Waals surface area contributed by atoms with Crippen molar-refractivity contribution in [3.63, 3.8) is 0 Å². The van der Waals surface area contributed by atoms with Gasteiger partial charge in [-0.25, -0.2) is 0 Å². The second-order valence-electron chi connectivity index (χ2n) is 12.3. The van der Waals surface area contributed by atoms with Gasteiger partial charge < -0.3 is 24.8 Å². The Kier molecular flexibility index (Phi) is 8.76. The van der Waals surface area contributed by atoms with Gasteiger partial charge in [0.2, 0.25) is 5.91 Å². The van der Waals surface area contributed by atoms with E-state index in [9.17, 15) is 19.5 Å². The molecular weight excluding hydrogens is 504 g/mol. The van der Waals surface area contributed by atoms with E-state index in [1.165, 1.54) is 10.6 Å². The predicted molar refractivity (Wildman–Crippen MR) is 155 cm³/mol. The molecule has 4 atom stereocenters. The van der Waals surface area contributed by atoms with Gasteiger partial charge in [0, 0.05) is 50.4 Å². The average molecular weight is 549 g/mol. The molecule has 3 heterocycles. The third kappa shape index (κ3) is 6.18. The summed E-state index contributed by atoms with van der Waals surface area (Å²) in [6.07, 6.45) is 4.49. The highest BCUT2D eigenvalue weighted by molar-refractivity contribution is 5.97. The second-order valence-corrected chi connectivity index (χ2v) is 12.3. The number of hydrogen-bond donors (Lipinski definition) is 2. The van der Waals surface area contributed by atoms with Crippen molar-refractivity contribution < 1.29 is 14.7 Å². The van der Waals surface area contributed by atoms with Crippen LogP contribution < -0.4 is 10.9 Å². The fourth-order valence-corrected chi connectivity index (χ4v) is 7.13. The molecule has 3 fully saturated rings. The zero-order chi connectivity index (χ0) is 28.4. The van der Waals surface area contributed by atoms with Crippen molar-refractivity contribution in [2.45, 2.75) is 71.6 Å². The molecule has 0 bridgehead atoms. The lowest BCUT2D eigenvalue weighted by molar-refractivity contribution is -0.125. The summed E-state index contributed by atoms with van der Waals surface area (Å²) in [5, 5.41) is 13.2. The van der Waals surface area contributed by atoms with Gasteiger partial charge in [0.1, 0.15) is 0 Å². The van der Waals surface area contributed by atoms with Gasteiger partial charge >= 0.3 is 0 Å². The summed E-state index contributed by atoms with van der Waals surface area (Å²) in [4.78, 5) is 43.5. The van der Waals surface area contributed by atoms with Crippen molar-refractivity contribution in [2.24, 2.45) is 17.8 Å². The second kappa shape index (κ2) is 12.3. The summed E-state index contributed by atoms with van der Waals surface area (Å²) in [5.41, 5.74) is 2.88.